The summed E-state index contributed by atoms with van der Waals surface area (Å²) in [5.41, 5.74) is 1.82. The molecule has 2 aromatic rings. The molecule has 0 saturated carbocycles. The van der Waals surface area contributed by atoms with Crippen molar-refractivity contribution in [3.63, 3.8) is 0 Å². The maximum absolute atomic E-state index is 13.2. The number of hydrogen-bond donors (Lipinski definition) is 2. The van der Waals surface area contributed by atoms with Gasteiger partial charge in [0.15, 0.2) is 16.6 Å². The maximum Gasteiger partial charge on any atom is 0.338 e. The van der Waals surface area contributed by atoms with Gasteiger partial charge in [0.2, 0.25) is 0 Å². The van der Waals surface area contributed by atoms with E-state index in [0.29, 0.717) is 61.3 Å². The van der Waals surface area contributed by atoms with Crippen molar-refractivity contribution in [3.8, 4) is 11.5 Å². The SMILES string of the molecule is COc1ccc(C(=O)O[C@H](CCO[Si](C)(C)C(C)(C)C)C[C@@H](O)C[C@H](O)CC2=CC[C@H](OC(=O)c3ccc(OC)cc3)C[C@H](O[Si](C)(C)C(C)(C)C)C2)cc1. The highest BCUT2D eigenvalue weighted by molar-refractivity contribution is 6.74. The number of carbonyl (C=O) groups is 2. The van der Waals surface area contributed by atoms with Crippen LogP contribution in [-0.2, 0) is 18.3 Å². The van der Waals surface area contributed by atoms with Crippen molar-refractivity contribution < 1.29 is 47.6 Å². The molecule has 0 bridgehead atoms. The van der Waals surface area contributed by atoms with Crippen LogP contribution in [0.2, 0.25) is 36.3 Å². The Labute approximate surface area is 332 Å². The highest BCUT2D eigenvalue weighted by Gasteiger charge is 2.41. The second-order valence-electron chi connectivity index (χ2n) is 17.9. The summed E-state index contributed by atoms with van der Waals surface area (Å²) in [5, 5.41) is 22.6. The number of aliphatic hydroxyl groups is 2. The number of carbonyl (C=O) groups excluding carboxylic acids is 2. The van der Waals surface area contributed by atoms with E-state index >= 15 is 0 Å². The Morgan fingerprint density at radius 2 is 1.27 bits per heavy atom. The monoisotopic (exact) mass is 800 g/mol. The molecule has 3 rings (SSSR count). The van der Waals surface area contributed by atoms with E-state index < -0.39 is 53.0 Å². The summed E-state index contributed by atoms with van der Waals surface area (Å²) >= 11 is 0. The zero-order chi connectivity index (χ0) is 41.2. The third-order valence-electron chi connectivity index (χ3n) is 11.4. The Kier molecular flexibility index (Phi) is 16.8. The Morgan fingerprint density at radius 1 is 0.745 bits per heavy atom. The number of esters is 2. The molecule has 12 heteroatoms. The number of methoxy groups -OCH3 is 2. The molecule has 0 amide bonds. The quantitative estimate of drug-likeness (QED) is 0.0855. The molecule has 2 N–H and O–H groups in total. The van der Waals surface area contributed by atoms with Crippen molar-refractivity contribution in [1.29, 1.82) is 0 Å². The molecule has 2 aromatic carbocycles. The highest BCUT2D eigenvalue weighted by atomic mass is 28.4. The van der Waals surface area contributed by atoms with E-state index in [2.05, 4.69) is 67.7 Å². The summed E-state index contributed by atoms with van der Waals surface area (Å²) in [4.78, 5) is 26.3. The molecular weight excluding hydrogens is 733 g/mol. The molecule has 0 fully saturated rings. The molecule has 55 heavy (non-hydrogen) atoms. The van der Waals surface area contributed by atoms with Gasteiger partial charge in [-0.2, -0.15) is 0 Å². The molecule has 0 spiro atoms. The van der Waals surface area contributed by atoms with E-state index in [1.165, 1.54) is 0 Å². The minimum Gasteiger partial charge on any atom is -0.497 e. The van der Waals surface area contributed by atoms with E-state index in [1.54, 1.807) is 62.8 Å². The van der Waals surface area contributed by atoms with Crippen LogP contribution >= 0.6 is 0 Å². The number of rotatable bonds is 18. The Bertz CT molecular complexity index is 1540. The van der Waals surface area contributed by atoms with Crippen LogP contribution in [0.4, 0.5) is 0 Å². The van der Waals surface area contributed by atoms with E-state index in [1.807, 2.05) is 6.08 Å². The molecule has 0 heterocycles. The van der Waals surface area contributed by atoms with Gasteiger partial charge in [-0.1, -0.05) is 53.2 Å². The number of benzene rings is 2. The summed E-state index contributed by atoms with van der Waals surface area (Å²) in [6.45, 7) is 22.3. The summed E-state index contributed by atoms with van der Waals surface area (Å²) in [6, 6.07) is 13.6. The predicted octanol–water partition coefficient (Wildman–Crippen LogP) is 9.26. The van der Waals surface area contributed by atoms with Gasteiger partial charge >= 0.3 is 11.9 Å². The molecule has 1 aliphatic rings. The minimum absolute atomic E-state index is 0.0194. The molecule has 10 nitrogen and oxygen atoms in total. The van der Waals surface area contributed by atoms with Gasteiger partial charge in [-0.3, -0.25) is 0 Å². The van der Waals surface area contributed by atoms with Crippen LogP contribution in [0, 0.1) is 0 Å². The number of aliphatic hydroxyl groups excluding tert-OH is 2. The van der Waals surface area contributed by atoms with Crippen LogP contribution in [0.15, 0.2) is 60.2 Å². The fraction of sp³-hybridized carbons (Fsp3) is 0.628. The fourth-order valence-corrected chi connectivity index (χ4v) is 8.40. The highest BCUT2D eigenvalue weighted by Crippen LogP contribution is 2.40. The second-order valence-corrected chi connectivity index (χ2v) is 27.5. The lowest BCUT2D eigenvalue weighted by Crippen LogP contribution is -2.44. The molecule has 0 saturated heterocycles. The summed E-state index contributed by atoms with van der Waals surface area (Å²) in [5.74, 6) is 0.389. The van der Waals surface area contributed by atoms with Crippen molar-refractivity contribution in [1.82, 2.24) is 0 Å². The summed E-state index contributed by atoms with van der Waals surface area (Å²) < 4.78 is 35.7. The first-order valence-electron chi connectivity index (χ1n) is 19.6. The first-order chi connectivity index (χ1) is 25.5. The molecule has 0 unspecified atom stereocenters. The average Bonchev–Trinajstić information content (AvgIpc) is 3.27. The number of ether oxygens (including phenoxy) is 4. The minimum atomic E-state index is -2.19. The Balaban J connectivity index is 1.72. The van der Waals surface area contributed by atoms with Crippen LogP contribution < -0.4 is 9.47 Å². The van der Waals surface area contributed by atoms with Crippen LogP contribution in [0.25, 0.3) is 0 Å². The van der Waals surface area contributed by atoms with Gasteiger partial charge in [0, 0.05) is 32.3 Å². The fourth-order valence-electron chi connectivity index (χ4n) is 5.97. The lowest BCUT2D eigenvalue weighted by Gasteiger charge is -2.40. The average molecular weight is 801 g/mol. The Morgan fingerprint density at radius 3 is 1.78 bits per heavy atom. The third-order valence-corrected chi connectivity index (χ3v) is 20.5. The maximum atomic E-state index is 13.2. The molecule has 5 atom stereocenters. The largest absolute Gasteiger partial charge is 0.497 e. The van der Waals surface area contributed by atoms with E-state index in [4.69, 9.17) is 27.8 Å². The van der Waals surface area contributed by atoms with Gasteiger partial charge in [-0.25, -0.2) is 9.59 Å². The first-order valence-corrected chi connectivity index (χ1v) is 25.4. The third kappa shape index (κ3) is 14.5. The standard InChI is InChI=1S/C43H68O10Si2/c1-42(2,3)54(9,10)50-24-23-38(52-41(47)32-16-21-36(49-8)22-17-32)28-34(45)27-33(44)25-30-13-18-37(29-39(26-30)53-55(11,12)43(4,5)6)51-40(46)31-14-19-35(48-7)20-15-31/h13-17,19-22,33-34,37-39,44-45H,18,23-29H2,1-12H3/t33-,34+,37+,38-,39-/m1/s1. The van der Waals surface area contributed by atoms with Crippen LogP contribution in [0.3, 0.4) is 0 Å². The summed E-state index contributed by atoms with van der Waals surface area (Å²) in [6.07, 6.45) is 1.64. The van der Waals surface area contributed by atoms with Crippen LogP contribution in [0.1, 0.15) is 107 Å². The molecular formula is C43H68O10Si2. The molecule has 0 aliphatic heterocycles. The zero-order valence-electron chi connectivity index (χ0n) is 35.4. The topological polar surface area (TPSA) is 130 Å². The molecule has 0 radical (unpaired) electrons. The van der Waals surface area contributed by atoms with Crippen LogP contribution in [0.5, 0.6) is 11.5 Å². The van der Waals surface area contributed by atoms with Gasteiger partial charge in [0.1, 0.15) is 23.7 Å². The van der Waals surface area contributed by atoms with Gasteiger partial charge in [-0.05, 0) is 104 Å². The smallest absolute Gasteiger partial charge is 0.338 e. The normalized spacial score (nSPS) is 18.7. The molecule has 308 valence electrons. The Hall–Kier alpha value is -3.01. The van der Waals surface area contributed by atoms with Gasteiger partial charge in [-0.15, -0.1) is 0 Å². The van der Waals surface area contributed by atoms with E-state index in [-0.39, 0.29) is 29.0 Å². The van der Waals surface area contributed by atoms with Crippen molar-refractivity contribution in [2.75, 3.05) is 20.8 Å². The molecule has 0 aromatic heterocycles. The first kappa shape index (κ1) is 46.4. The van der Waals surface area contributed by atoms with Gasteiger partial charge in [0.25, 0.3) is 0 Å². The van der Waals surface area contributed by atoms with Crippen LogP contribution in [-0.4, -0.2) is 90.1 Å². The van der Waals surface area contributed by atoms with Gasteiger partial charge in [0.05, 0.1) is 43.7 Å². The predicted molar refractivity (Wildman–Crippen MR) is 222 cm³/mol. The summed E-state index contributed by atoms with van der Waals surface area (Å²) in [7, 11) is -1.10. The lowest BCUT2D eigenvalue weighted by atomic mass is 9.96. The van der Waals surface area contributed by atoms with Crippen molar-refractivity contribution >= 4 is 28.6 Å². The number of hydrogen-bond acceptors (Lipinski definition) is 10. The van der Waals surface area contributed by atoms with Crippen molar-refractivity contribution in [2.45, 2.75) is 153 Å². The zero-order valence-corrected chi connectivity index (χ0v) is 37.4. The van der Waals surface area contributed by atoms with Crippen molar-refractivity contribution in [3.05, 3.63) is 71.3 Å². The van der Waals surface area contributed by atoms with E-state index in [9.17, 15) is 19.8 Å². The van der Waals surface area contributed by atoms with Crippen molar-refractivity contribution in [2.24, 2.45) is 0 Å². The second kappa shape index (κ2) is 19.9. The lowest BCUT2D eigenvalue weighted by molar-refractivity contribution is -0.000445. The van der Waals surface area contributed by atoms with E-state index in [0.717, 1.165) is 5.57 Å². The molecule has 1 aliphatic carbocycles. The van der Waals surface area contributed by atoms with Gasteiger partial charge < -0.3 is 38.0 Å².